The van der Waals surface area contributed by atoms with Gasteiger partial charge in [-0.25, -0.2) is 4.39 Å². The lowest BCUT2D eigenvalue weighted by molar-refractivity contribution is -0.147. The van der Waals surface area contributed by atoms with Crippen LogP contribution in [0.25, 0.3) is 0 Å². The first-order valence-corrected chi connectivity index (χ1v) is 6.44. The van der Waals surface area contributed by atoms with Crippen LogP contribution in [0.1, 0.15) is 29.3 Å². The van der Waals surface area contributed by atoms with Crippen LogP contribution in [0.2, 0.25) is 0 Å². The summed E-state index contributed by atoms with van der Waals surface area (Å²) in [7, 11) is 0. The van der Waals surface area contributed by atoms with Crippen LogP contribution in [0.5, 0.6) is 0 Å². The van der Waals surface area contributed by atoms with E-state index >= 15 is 0 Å². The zero-order chi connectivity index (χ0) is 16.7. The number of carboxylic acids is 1. The second-order valence-electron chi connectivity index (χ2n) is 5.53. The maximum absolute atomic E-state index is 13.5. The maximum atomic E-state index is 13.5. The Morgan fingerprint density at radius 1 is 1.32 bits per heavy atom. The third-order valence-electron chi connectivity index (χ3n) is 3.80. The topological polar surface area (TPSA) is 57.6 Å². The molecule has 0 bridgehead atoms. The molecule has 22 heavy (non-hydrogen) atoms. The SMILES string of the molecule is CC1(C(=O)O)CCN(C(=O)c2ccc(C(F)(F)F)c(F)c2)C1. The van der Waals surface area contributed by atoms with Gasteiger partial charge in [0.1, 0.15) is 5.82 Å². The Hall–Kier alpha value is -2.12. The largest absolute Gasteiger partial charge is 0.481 e. The van der Waals surface area contributed by atoms with Gasteiger partial charge in [-0.1, -0.05) is 0 Å². The van der Waals surface area contributed by atoms with Crippen molar-refractivity contribution in [2.45, 2.75) is 19.5 Å². The Balaban J connectivity index is 2.22. The molecule has 0 spiro atoms. The molecule has 1 fully saturated rings. The molecule has 0 saturated carbocycles. The molecule has 120 valence electrons. The molecule has 0 aromatic heterocycles. The molecule has 1 N–H and O–H groups in total. The van der Waals surface area contributed by atoms with Crippen molar-refractivity contribution in [3.05, 3.63) is 35.1 Å². The third kappa shape index (κ3) is 2.90. The minimum atomic E-state index is -4.83. The van der Waals surface area contributed by atoms with Crippen molar-refractivity contribution in [3.8, 4) is 0 Å². The fraction of sp³-hybridized carbons (Fsp3) is 0.429. The second kappa shape index (κ2) is 5.26. The van der Waals surface area contributed by atoms with Crippen molar-refractivity contribution in [1.82, 2.24) is 4.90 Å². The number of alkyl halides is 3. The van der Waals surface area contributed by atoms with E-state index in [0.717, 1.165) is 6.07 Å². The molecular weight excluding hydrogens is 306 g/mol. The van der Waals surface area contributed by atoms with Gasteiger partial charge in [0.15, 0.2) is 0 Å². The number of carbonyl (C=O) groups is 2. The smallest absolute Gasteiger partial charge is 0.419 e. The Kier molecular flexibility index (Phi) is 3.88. The summed E-state index contributed by atoms with van der Waals surface area (Å²) in [6, 6.07) is 1.93. The van der Waals surface area contributed by atoms with E-state index in [0.29, 0.717) is 12.1 Å². The maximum Gasteiger partial charge on any atom is 0.419 e. The summed E-state index contributed by atoms with van der Waals surface area (Å²) < 4.78 is 50.9. The molecule has 8 heteroatoms. The number of aliphatic carboxylic acids is 1. The summed E-state index contributed by atoms with van der Waals surface area (Å²) in [6.07, 6.45) is -4.60. The van der Waals surface area contributed by atoms with Crippen LogP contribution in [0.3, 0.4) is 0 Å². The van der Waals surface area contributed by atoms with Crippen molar-refractivity contribution in [2.75, 3.05) is 13.1 Å². The summed E-state index contributed by atoms with van der Waals surface area (Å²) in [5.74, 6) is -3.27. The standard InChI is InChI=1S/C14H13F4NO3/c1-13(12(21)22)4-5-19(7-13)11(20)8-2-3-9(10(15)6-8)14(16,17)18/h2-3,6H,4-5,7H2,1H3,(H,21,22). The quantitative estimate of drug-likeness (QED) is 0.853. The van der Waals surface area contributed by atoms with Crippen LogP contribution in [-0.4, -0.2) is 35.0 Å². The number of carbonyl (C=O) groups excluding carboxylic acids is 1. The van der Waals surface area contributed by atoms with Gasteiger partial charge >= 0.3 is 12.1 Å². The minimum Gasteiger partial charge on any atom is -0.481 e. The van der Waals surface area contributed by atoms with Crippen LogP contribution >= 0.6 is 0 Å². The first-order valence-electron chi connectivity index (χ1n) is 6.44. The zero-order valence-electron chi connectivity index (χ0n) is 11.6. The molecule has 0 radical (unpaired) electrons. The highest BCUT2D eigenvalue weighted by Gasteiger charge is 2.42. The van der Waals surface area contributed by atoms with Gasteiger partial charge in [-0.05, 0) is 31.5 Å². The third-order valence-corrected chi connectivity index (χ3v) is 3.80. The summed E-state index contributed by atoms with van der Waals surface area (Å²) in [5.41, 5.74) is -2.78. The Bertz CT molecular complexity index is 629. The molecular formula is C14H13F4NO3. The summed E-state index contributed by atoms with van der Waals surface area (Å²) in [5, 5.41) is 9.09. The molecule has 1 amide bonds. The molecule has 2 rings (SSSR count). The highest BCUT2D eigenvalue weighted by molar-refractivity contribution is 5.95. The molecule has 1 unspecified atom stereocenters. The van der Waals surface area contributed by atoms with Gasteiger partial charge in [0.05, 0.1) is 11.0 Å². The fourth-order valence-electron chi connectivity index (χ4n) is 2.37. The lowest BCUT2D eigenvalue weighted by Gasteiger charge is -2.20. The average Bonchev–Trinajstić information content (AvgIpc) is 2.80. The van der Waals surface area contributed by atoms with Gasteiger partial charge in [-0.3, -0.25) is 9.59 Å². The lowest BCUT2D eigenvalue weighted by Crippen LogP contribution is -2.35. The van der Waals surface area contributed by atoms with Gasteiger partial charge in [0, 0.05) is 18.7 Å². The van der Waals surface area contributed by atoms with Crippen LogP contribution in [0.15, 0.2) is 18.2 Å². The Morgan fingerprint density at radius 2 is 1.95 bits per heavy atom. The second-order valence-corrected chi connectivity index (χ2v) is 5.53. The molecule has 1 aromatic rings. The van der Waals surface area contributed by atoms with E-state index in [4.69, 9.17) is 5.11 Å². The van der Waals surface area contributed by atoms with E-state index < -0.39 is 34.8 Å². The predicted octanol–water partition coefficient (Wildman–Crippen LogP) is 2.78. The van der Waals surface area contributed by atoms with Gasteiger partial charge in [0.25, 0.3) is 5.91 Å². The number of benzene rings is 1. The number of carboxylic acid groups (broad SMARTS) is 1. The molecule has 1 heterocycles. The first-order chi connectivity index (χ1) is 10.0. The van der Waals surface area contributed by atoms with E-state index in [-0.39, 0.29) is 25.1 Å². The number of rotatable bonds is 2. The molecule has 4 nitrogen and oxygen atoms in total. The van der Waals surface area contributed by atoms with E-state index in [9.17, 15) is 27.2 Å². The van der Waals surface area contributed by atoms with Crippen LogP contribution in [0, 0.1) is 11.2 Å². The average molecular weight is 319 g/mol. The van der Waals surface area contributed by atoms with E-state index in [2.05, 4.69) is 0 Å². The van der Waals surface area contributed by atoms with Crippen molar-refractivity contribution in [2.24, 2.45) is 5.41 Å². The van der Waals surface area contributed by atoms with Gasteiger partial charge in [-0.15, -0.1) is 0 Å². The van der Waals surface area contributed by atoms with E-state index in [1.165, 1.54) is 11.8 Å². The lowest BCUT2D eigenvalue weighted by atomic mass is 9.90. The first kappa shape index (κ1) is 16.3. The number of halogens is 4. The molecule has 1 aromatic carbocycles. The molecule has 0 aliphatic carbocycles. The Morgan fingerprint density at radius 3 is 2.41 bits per heavy atom. The highest BCUT2D eigenvalue weighted by atomic mass is 19.4. The van der Waals surface area contributed by atoms with Crippen LogP contribution < -0.4 is 0 Å². The monoisotopic (exact) mass is 319 g/mol. The highest BCUT2D eigenvalue weighted by Crippen LogP contribution is 2.33. The minimum absolute atomic E-state index is 0.0657. The van der Waals surface area contributed by atoms with E-state index in [1.54, 1.807) is 0 Å². The van der Waals surface area contributed by atoms with Crippen molar-refractivity contribution in [1.29, 1.82) is 0 Å². The number of likely N-dealkylation sites (tertiary alicyclic amines) is 1. The normalized spacial score (nSPS) is 22.0. The van der Waals surface area contributed by atoms with Gasteiger partial charge in [-0.2, -0.15) is 13.2 Å². The molecule has 1 aliphatic heterocycles. The predicted molar refractivity (Wildman–Crippen MR) is 67.7 cm³/mol. The molecule has 1 saturated heterocycles. The van der Waals surface area contributed by atoms with Crippen molar-refractivity contribution < 1.29 is 32.3 Å². The summed E-state index contributed by atoms with van der Waals surface area (Å²) in [4.78, 5) is 24.5. The summed E-state index contributed by atoms with van der Waals surface area (Å²) >= 11 is 0. The molecule has 1 atom stereocenters. The van der Waals surface area contributed by atoms with Crippen molar-refractivity contribution >= 4 is 11.9 Å². The fourth-order valence-corrected chi connectivity index (χ4v) is 2.37. The van der Waals surface area contributed by atoms with Crippen molar-refractivity contribution in [3.63, 3.8) is 0 Å². The van der Waals surface area contributed by atoms with Crippen LogP contribution in [0.4, 0.5) is 17.6 Å². The van der Waals surface area contributed by atoms with E-state index in [1.807, 2.05) is 0 Å². The molecule has 1 aliphatic rings. The Labute approximate surface area is 123 Å². The number of hydrogen-bond acceptors (Lipinski definition) is 2. The van der Waals surface area contributed by atoms with Gasteiger partial charge in [0.2, 0.25) is 0 Å². The van der Waals surface area contributed by atoms with Crippen LogP contribution in [-0.2, 0) is 11.0 Å². The summed E-state index contributed by atoms with van der Waals surface area (Å²) in [6.45, 7) is 1.57. The zero-order valence-corrected chi connectivity index (χ0v) is 11.6. The van der Waals surface area contributed by atoms with Gasteiger partial charge < -0.3 is 10.0 Å². The number of hydrogen-bond donors (Lipinski definition) is 1. The number of amides is 1. The number of nitrogens with zero attached hydrogens (tertiary/aromatic N) is 1.